The van der Waals surface area contributed by atoms with Crippen LogP contribution >= 0.6 is 15.9 Å². The number of halogens is 1. The van der Waals surface area contributed by atoms with E-state index < -0.39 is 0 Å². The van der Waals surface area contributed by atoms with Gasteiger partial charge in [0.25, 0.3) is 0 Å². The highest BCUT2D eigenvalue weighted by atomic mass is 79.9. The van der Waals surface area contributed by atoms with E-state index in [-0.39, 0.29) is 6.61 Å². The minimum Gasteiger partial charge on any atom is -0.484 e. The fraction of sp³-hybridized carbons (Fsp3) is 0.0833. The summed E-state index contributed by atoms with van der Waals surface area (Å²) in [6, 6.07) is 7.02. The number of nitrogens with zero attached hydrogens (tertiary/aromatic N) is 2. The lowest BCUT2D eigenvalue weighted by atomic mass is 10.2. The van der Waals surface area contributed by atoms with Gasteiger partial charge in [-0.3, -0.25) is 4.79 Å². The summed E-state index contributed by atoms with van der Waals surface area (Å²) in [6.45, 7) is 0.226. The molecule has 0 fully saturated rings. The predicted octanol–water partition coefficient (Wildman–Crippen LogP) is 2.63. The third-order valence-corrected chi connectivity index (χ3v) is 2.71. The maximum absolute atomic E-state index is 10.9. The molecule has 0 bridgehead atoms. The van der Waals surface area contributed by atoms with Crippen molar-refractivity contribution in [3.8, 4) is 5.75 Å². The van der Waals surface area contributed by atoms with Crippen molar-refractivity contribution in [2.45, 2.75) is 6.61 Å². The highest BCUT2D eigenvalue weighted by Gasteiger charge is 2.08. The lowest BCUT2D eigenvalue weighted by Gasteiger charge is -2.09. The van der Waals surface area contributed by atoms with Crippen molar-refractivity contribution in [2.75, 3.05) is 0 Å². The molecule has 1 aromatic heterocycles. The van der Waals surface area contributed by atoms with Gasteiger partial charge in [-0.1, -0.05) is 6.07 Å². The Labute approximate surface area is 107 Å². The van der Waals surface area contributed by atoms with Crippen LogP contribution in [0.5, 0.6) is 5.75 Å². The van der Waals surface area contributed by atoms with Gasteiger partial charge in [0.2, 0.25) is 0 Å². The Morgan fingerprint density at radius 3 is 2.71 bits per heavy atom. The van der Waals surface area contributed by atoms with Crippen LogP contribution in [0.25, 0.3) is 0 Å². The number of carbonyl (C=O) groups is 1. The number of hydrogen-bond acceptors (Lipinski definition) is 4. The molecule has 0 unspecified atom stereocenters. The van der Waals surface area contributed by atoms with Crippen LogP contribution in [-0.4, -0.2) is 16.3 Å². The van der Waals surface area contributed by atoms with E-state index in [2.05, 4.69) is 25.9 Å². The Balaban J connectivity index is 2.16. The highest BCUT2D eigenvalue weighted by Crippen LogP contribution is 2.28. The molecule has 2 aromatic rings. The molecule has 5 heteroatoms. The van der Waals surface area contributed by atoms with Gasteiger partial charge >= 0.3 is 0 Å². The van der Waals surface area contributed by atoms with Gasteiger partial charge in [0.15, 0.2) is 12.1 Å². The summed E-state index contributed by atoms with van der Waals surface area (Å²) < 4.78 is 6.28. The Bertz CT molecular complexity index is 517. The Morgan fingerprint density at radius 1 is 1.24 bits per heavy atom. The molecule has 0 radical (unpaired) electrons. The fourth-order valence-corrected chi connectivity index (χ4v) is 1.81. The molecule has 0 atom stereocenters. The normalized spacial score (nSPS) is 9.94. The molecule has 0 saturated carbocycles. The number of rotatable bonds is 4. The molecule has 0 aliphatic carbocycles. The second-order valence-corrected chi connectivity index (χ2v) is 4.08. The van der Waals surface area contributed by atoms with Gasteiger partial charge in [-0.25, -0.2) is 9.97 Å². The van der Waals surface area contributed by atoms with Crippen LogP contribution in [0.2, 0.25) is 0 Å². The van der Waals surface area contributed by atoms with Gasteiger partial charge in [-0.05, 0) is 34.1 Å². The summed E-state index contributed by atoms with van der Waals surface area (Å²) in [4.78, 5) is 18.9. The first-order valence-electron chi connectivity index (χ1n) is 4.93. The number of carbonyl (C=O) groups excluding carboxylic acids is 1. The SMILES string of the molecule is O=Cc1cccc(Br)c1OCc1ncccn1. The van der Waals surface area contributed by atoms with E-state index in [0.29, 0.717) is 17.1 Å². The number of aromatic nitrogens is 2. The number of ether oxygens (including phenoxy) is 1. The van der Waals surface area contributed by atoms with Crippen molar-refractivity contribution in [3.05, 3.63) is 52.5 Å². The number of hydrogen-bond donors (Lipinski definition) is 0. The smallest absolute Gasteiger partial charge is 0.166 e. The van der Waals surface area contributed by atoms with Crippen molar-refractivity contribution >= 4 is 22.2 Å². The molecule has 4 nitrogen and oxygen atoms in total. The average Bonchev–Trinajstić information content (AvgIpc) is 2.38. The van der Waals surface area contributed by atoms with Crippen LogP contribution < -0.4 is 4.74 Å². The molecule has 1 aromatic carbocycles. The zero-order chi connectivity index (χ0) is 12.1. The Morgan fingerprint density at radius 2 is 2.00 bits per heavy atom. The summed E-state index contributed by atoms with van der Waals surface area (Å²) in [7, 11) is 0. The van der Waals surface area contributed by atoms with Crippen LogP contribution in [0.1, 0.15) is 16.2 Å². The average molecular weight is 293 g/mol. The fourth-order valence-electron chi connectivity index (χ4n) is 1.31. The Kier molecular flexibility index (Phi) is 3.82. The van der Waals surface area contributed by atoms with Crippen LogP contribution in [0.15, 0.2) is 41.1 Å². The zero-order valence-corrected chi connectivity index (χ0v) is 10.4. The van der Waals surface area contributed by atoms with Crippen LogP contribution in [-0.2, 0) is 6.61 Å². The summed E-state index contributed by atoms with van der Waals surface area (Å²) >= 11 is 3.34. The molecule has 0 N–H and O–H groups in total. The second kappa shape index (κ2) is 5.54. The van der Waals surface area contributed by atoms with E-state index in [1.807, 2.05) is 6.07 Å². The van der Waals surface area contributed by atoms with Gasteiger partial charge in [0.05, 0.1) is 10.0 Å². The topological polar surface area (TPSA) is 52.1 Å². The predicted molar refractivity (Wildman–Crippen MR) is 65.9 cm³/mol. The highest BCUT2D eigenvalue weighted by molar-refractivity contribution is 9.10. The monoisotopic (exact) mass is 292 g/mol. The van der Waals surface area contributed by atoms with Crippen molar-refractivity contribution in [1.82, 2.24) is 9.97 Å². The van der Waals surface area contributed by atoms with E-state index >= 15 is 0 Å². The first-order valence-corrected chi connectivity index (χ1v) is 5.73. The first kappa shape index (κ1) is 11.7. The van der Waals surface area contributed by atoms with E-state index in [4.69, 9.17) is 4.74 Å². The van der Waals surface area contributed by atoms with Gasteiger partial charge in [-0.15, -0.1) is 0 Å². The summed E-state index contributed by atoms with van der Waals surface area (Å²) in [5.41, 5.74) is 0.496. The van der Waals surface area contributed by atoms with Gasteiger partial charge in [-0.2, -0.15) is 0 Å². The maximum atomic E-state index is 10.9. The molecule has 0 aliphatic rings. The van der Waals surface area contributed by atoms with Gasteiger partial charge in [0, 0.05) is 12.4 Å². The van der Waals surface area contributed by atoms with Gasteiger partial charge < -0.3 is 4.74 Å². The van der Waals surface area contributed by atoms with Crippen molar-refractivity contribution < 1.29 is 9.53 Å². The first-order chi connectivity index (χ1) is 8.31. The third-order valence-electron chi connectivity index (χ3n) is 2.09. The molecule has 0 amide bonds. The lowest BCUT2D eigenvalue weighted by Crippen LogP contribution is -2.02. The molecule has 17 heavy (non-hydrogen) atoms. The summed E-state index contributed by atoms with van der Waals surface area (Å²) in [6.07, 6.45) is 4.05. The van der Waals surface area contributed by atoms with Gasteiger partial charge in [0.1, 0.15) is 12.4 Å². The molecule has 1 heterocycles. The molecular formula is C12H9BrN2O2. The minimum atomic E-state index is 0.226. The van der Waals surface area contributed by atoms with Crippen LogP contribution in [0.3, 0.4) is 0 Å². The van der Waals surface area contributed by atoms with Crippen molar-refractivity contribution in [2.24, 2.45) is 0 Å². The standard InChI is InChI=1S/C12H9BrN2O2/c13-10-4-1-3-9(7-16)12(10)17-8-11-14-5-2-6-15-11/h1-7H,8H2. The maximum Gasteiger partial charge on any atom is 0.166 e. The van der Waals surface area contributed by atoms with E-state index in [9.17, 15) is 4.79 Å². The van der Waals surface area contributed by atoms with Crippen LogP contribution in [0, 0.1) is 0 Å². The number of aldehydes is 1. The zero-order valence-electron chi connectivity index (χ0n) is 8.84. The second-order valence-electron chi connectivity index (χ2n) is 3.23. The molecule has 0 spiro atoms. The van der Waals surface area contributed by atoms with E-state index in [1.165, 1.54) is 0 Å². The Hall–Kier alpha value is -1.75. The van der Waals surface area contributed by atoms with E-state index in [0.717, 1.165) is 10.8 Å². The van der Waals surface area contributed by atoms with Crippen molar-refractivity contribution in [1.29, 1.82) is 0 Å². The summed E-state index contributed by atoms with van der Waals surface area (Å²) in [5, 5.41) is 0. The van der Waals surface area contributed by atoms with E-state index in [1.54, 1.807) is 30.6 Å². The molecule has 86 valence electrons. The van der Waals surface area contributed by atoms with Crippen molar-refractivity contribution in [3.63, 3.8) is 0 Å². The number of para-hydroxylation sites is 1. The molecule has 0 saturated heterocycles. The molecule has 0 aliphatic heterocycles. The largest absolute Gasteiger partial charge is 0.484 e. The quantitative estimate of drug-likeness (QED) is 0.813. The third kappa shape index (κ3) is 2.88. The molecule has 2 rings (SSSR count). The number of benzene rings is 1. The van der Waals surface area contributed by atoms with Crippen LogP contribution in [0.4, 0.5) is 0 Å². The molecular weight excluding hydrogens is 284 g/mol. The lowest BCUT2D eigenvalue weighted by molar-refractivity contribution is 0.111. The minimum absolute atomic E-state index is 0.226. The summed E-state index contributed by atoms with van der Waals surface area (Å²) in [5.74, 6) is 1.08.